The number of benzene rings is 1. The maximum absolute atomic E-state index is 10.4. The quantitative estimate of drug-likeness (QED) is 0.258. The van der Waals surface area contributed by atoms with Gasteiger partial charge in [-0.25, -0.2) is 0 Å². The Kier molecular flexibility index (Phi) is 4.47. The minimum Gasteiger partial charge on any atom is -0.480 e. The van der Waals surface area contributed by atoms with Crippen LogP contribution in [0.4, 0.5) is 0 Å². The van der Waals surface area contributed by atoms with Gasteiger partial charge in [0.25, 0.3) is 0 Å². The third-order valence-corrected chi connectivity index (χ3v) is 2.37. The van der Waals surface area contributed by atoms with Crippen molar-refractivity contribution in [3.63, 3.8) is 0 Å². The van der Waals surface area contributed by atoms with Crippen LogP contribution in [0.15, 0.2) is 29.4 Å². The lowest BCUT2D eigenvalue weighted by Crippen LogP contribution is -2.25. The van der Waals surface area contributed by atoms with Crippen molar-refractivity contribution < 1.29 is 15.1 Å². The molecule has 0 aliphatic heterocycles. The summed E-state index contributed by atoms with van der Waals surface area (Å²) in [6.07, 6.45) is 0. The van der Waals surface area contributed by atoms with E-state index >= 15 is 0 Å². The third kappa shape index (κ3) is 3.76. The lowest BCUT2D eigenvalue weighted by Gasteiger charge is -2.12. The highest BCUT2D eigenvalue weighted by molar-refractivity contribution is 5.96. The summed E-state index contributed by atoms with van der Waals surface area (Å²) < 4.78 is 0. The predicted molar refractivity (Wildman–Crippen MR) is 63.0 cm³/mol. The predicted octanol–water partition coefficient (Wildman–Crippen LogP) is 0.516. The maximum Gasteiger partial charge on any atom is 0.317 e. The second-order valence-corrected chi connectivity index (χ2v) is 3.60. The van der Waals surface area contributed by atoms with Crippen molar-refractivity contribution in [3.8, 4) is 0 Å². The lowest BCUT2D eigenvalue weighted by atomic mass is 10.1. The Labute approximate surface area is 98.7 Å². The van der Waals surface area contributed by atoms with E-state index in [-0.39, 0.29) is 18.4 Å². The first-order valence-electron chi connectivity index (χ1n) is 5.07. The normalized spacial score (nSPS) is 13.4. The summed E-state index contributed by atoms with van der Waals surface area (Å²) in [5, 5.41) is 22.8. The highest BCUT2D eigenvalue weighted by Crippen LogP contribution is 2.12. The van der Waals surface area contributed by atoms with Crippen LogP contribution in [-0.2, 0) is 4.79 Å². The fourth-order valence-corrected chi connectivity index (χ4v) is 1.36. The Morgan fingerprint density at radius 3 is 2.53 bits per heavy atom. The van der Waals surface area contributed by atoms with Gasteiger partial charge in [-0.2, -0.15) is 0 Å². The van der Waals surface area contributed by atoms with Crippen molar-refractivity contribution in [2.75, 3.05) is 6.54 Å². The van der Waals surface area contributed by atoms with E-state index in [1.54, 1.807) is 24.3 Å². The summed E-state index contributed by atoms with van der Waals surface area (Å²) in [6, 6.07) is 6.94. The summed E-state index contributed by atoms with van der Waals surface area (Å²) in [7, 11) is 0. The van der Waals surface area contributed by atoms with E-state index in [2.05, 4.69) is 10.5 Å². The van der Waals surface area contributed by atoms with Crippen molar-refractivity contribution in [2.24, 2.45) is 10.9 Å². The molecule has 1 aromatic rings. The zero-order valence-corrected chi connectivity index (χ0v) is 9.42. The number of nitrogens with two attached hydrogens (primary N) is 1. The molecule has 0 saturated carbocycles. The van der Waals surface area contributed by atoms with E-state index in [0.717, 1.165) is 5.56 Å². The van der Waals surface area contributed by atoms with E-state index in [0.29, 0.717) is 5.56 Å². The van der Waals surface area contributed by atoms with Gasteiger partial charge < -0.3 is 21.4 Å². The molecule has 6 heteroatoms. The van der Waals surface area contributed by atoms with Crippen LogP contribution >= 0.6 is 0 Å². The zero-order chi connectivity index (χ0) is 12.8. The molecular formula is C11H15N3O3. The fraction of sp³-hybridized carbons (Fsp3) is 0.273. The Hall–Kier alpha value is -2.08. The first-order valence-corrected chi connectivity index (χ1v) is 5.07. The molecule has 0 spiro atoms. The Morgan fingerprint density at radius 2 is 2.06 bits per heavy atom. The highest BCUT2D eigenvalue weighted by atomic mass is 16.4. The Morgan fingerprint density at radius 1 is 1.47 bits per heavy atom. The number of rotatable bonds is 5. The van der Waals surface area contributed by atoms with Crippen LogP contribution in [0, 0.1) is 0 Å². The van der Waals surface area contributed by atoms with Gasteiger partial charge in [0.15, 0.2) is 5.84 Å². The van der Waals surface area contributed by atoms with Crippen molar-refractivity contribution >= 4 is 11.8 Å². The van der Waals surface area contributed by atoms with E-state index in [1.807, 2.05) is 6.92 Å². The van der Waals surface area contributed by atoms with Crippen molar-refractivity contribution in [1.29, 1.82) is 0 Å². The summed E-state index contributed by atoms with van der Waals surface area (Å²) in [5.74, 6) is -0.854. The van der Waals surface area contributed by atoms with Crippen LogP contribution in [0.2, 0.25) is 0 Å². The monoisotopic (exact) mass is 237 g/mol. The largest absolute Gasteiger partial charge is 0.480 e. The standard InChI is InChI=1S/C11H15N3O3/c1-7(13-6-10(15)16)8-2-4-9(5-3-8)11(12)14-17/h2-5,7,13,17H,6H2,1H3,(H2,12,14)(H,15,16)/t7-/m0/s1. The summed E-state index contributed by atoms with van der Waals surface area (Å²) in [5.41, 5.74) is 6.97. The van der Waals surface area contributed by atoms with Crippen LogP contribution in [0.25, 0.3) is 0 Å². The van der Waals surface area contributed by atoms with Crippen LogP contribution in [0.5, 0.6) is 0 Å². The van der Waals surface area contributed by atoms with Gasteiger partial charge in [-0.15, -0.1) is 0 Å². The number of amidine groups is 1. The smallest absolute Gasteiger partial charge is 0.317 e. The average molecular weight is 237 g/mol. The molecule has 1 atom stereocenters. The molecule has 0 bridgehead atoms. The minimum atomic E-state index is -0.898. The molecule has 0 heterocycles. The van der Waals surface area contributed by atoms with E-state index in [4.69, 9.17) is 16.0 Å². The molecule has 0 aromatic heterocycles. The Bertz CT molecular complexity index is 414. The van der Waals surface area contributed by atoms with E-state index in [9.17, 15) is 4.79 Å². The van der Waals surface area contributed by atoms with Gasteiger partial charge in [0.1, 0.15) is 0 Å². The van der Waals surface area contributed by atoms with Gasteiger partial charge in [0.2, 0.25) is 0 Å². The van der Waals surface area contributed by atoms with Crippen molar-refractivity contribution in [2.45, 2.75) is 13.0 Å². The number of hydrogen-bond acceptors (Lipinski definition) is 4. The van der Waals surface area contributed by atoms with Crippen molar-refractivity contribution in [3.05, 3.63) is 35.4 Å². The first-order chi connectivity index (χ1) is 8.04. The minimum absolute atomic E-state index is 0.0442. The average Bonchev–Trinajstić information content (AvgIpc) is 2.35. The zero-order valence-electron chi connectivity index (χ0n) is 9.42. The molecule has 0 saturated heterocycles. The topological polar surface area (TPSA) is 108 Å². The van der Waals surface area contributed by atoms with Crippen LogP contribution in [0.1, 0.15) is 24.1 Å². The number of nitrogens with zero attached hydrogens (tertiary/aromatic N) is 1. The Balaban J connectivity index is 2.70. The number of carboxylic acids is 1. The SMILES string of the molecule is C[C@H](NCC(=O)O)c1ccc(C(N)=NO)cc1. The molecule has 6 nitrogen and oxygen atoms in total. The number of oxime groups is 1. The lowest BCUT2D eigenvalue weighted by molar-refractivity contribution is -0.136. The summed E-state index contributed by atoms with van der Waals surface area (Å²) >= 11 is 0. The second-order valence-electron chi connectivity index (χ2n) is 3.60. The van der Waals surface area contributed by atoms with Crippen LogP contribution in [-0.4, -0.2) is 28.7 Å². The molecule has 0 unspecified atom stereocenters. The number of aliphatic carboxylic acids is 1. The van der Waals surface area contributed by atoms with Gasteiger partial charge in [0, 0.05) is 11.6 Å². The van der Waals surface area contributed by atoms with Crippen LogP contribution in [0.3, 0.4) is 0 Å². The van der Waals surface area contributed by atoms with Crippen LogP contribution < -0.4 is 11.1 Å². The molecular weight excluding hydrogens is 222 g/mol. The number of hydrogen-bond donors (Lipinski definition) is 4. The molecule has 17 heavy (non-hydrogen) atoms. The van der Waals surface area contributed by atoms with E-state index < -0.39 is 5.97 Å². The molecule has 0 amide bonds. The van der Waals surface area contributed by atoms with Gasteiger partial charge in [0.05, 0.1) is 6.54 Å². The fourth-order valence-electron chi connectivity index (χ4n) is 1.36. The number of carbonyl (C=O) groups is 1. The molecule has 92 valence electrons. The third-order valence-electron chi connectivity index (χ3n) is 2.37. The molecule has 1 rings (SSSR count). The van der Waals surface area contributed by atoms with E-state index in [1.165, 1.54) is 0 Å². The first kappa shape index (κ1) is 13.0. The highest BCUT2D eigenvalue weighted by Gasteiger charge is 2.07. The maximum atomic E-state index is 10.4. The van der Waals surface area contributed by atoms with Gasteiger partial charge in [-0.05, 0) is 12.5 Å². The van der Waals surface area contributed by atoms with Crippen molar-refractivity contribution in [1.82, 2.24) is 5.32 Å². The summed E-state index contributed by atoms with van der Waals surface area (Å²) in [4.78, 5) is 10.4. The molecule has 0 aliphatic carbocycles. The molecule has 0 radical (unpaired) electrons. The molecule has 0 fully saturated rings. The van der Waals surface area contributed by atoms with Gasteiger partial charge in [-0.1, -0.05) is 29.4 Å². The number of carboxylic acid groups (broad SMARTS) is 1. The summed E-state index contributed by atoms with van der Waals surface area (Å²) in [6.45, 7) is 1.77. The molecule has 5 N–H and O–H groups in total. The number of nitrogens with one attached hydrogen (secondary N) is 1. The van der Waals surface area contributed by atoms with Gasteiger partial charge >= 0.3 is 5.97 Å². The molecule has 0 aliphatic rings. The molecule has 1 aromatic carbocycles. The van der Waals surface area contributed by atoms with Gasteiger partial charge in [-0.3, -0.25) is 4.79 Å². The second kappa shape index (κ2) is 5.86.